The highest BCUT2D eigenvalue weighted by Gasteiger charge is 2.41. The number of anilines is 2. The van der Waals surface area contributed by atoms with Crippen LogP contribution in [0.15, 0.2) is 78.5 Å². The lowest BCUT2D eigenvalue weighted by Gasteiger charge is -2.16. The van der Waals surface area contributed by atoms with Crippen molar-refractivity contribution in [3.8, 4) is 0 Å². The molecule has 0 aliphatic carbocycles. The van der Waals surface area contributed by atoms with Gasteiger partial charge in [0.25, 0.3) is 11.8 Å². The molecule has 0 unspecified atom stereocenters. The number of para-hydroxylation sites is 2. The van der Waals surface area contributed by atoms with E-state index in [0.717, 1.165) is 10.5 Å². The number of nitrogens with zero attached hydrogens (tertiary/aromatic N) is 1. The normalized spacial score (nSPS) is 14.0. The van der Waals surface area contributed by atoms with Crippen molar-refractivity contribution in [1.82, 2.24) is 0 Å². The standard InChI is InChI=1S/C23H16F2N2O2/c1-14-6-2-4-8-18(14)26-21-20(15-10-12-16(24)13-11-15)22(28)27(23(21)29)19-9-5-3-7-17(19)25/h2-13,26H,1H3. The smallest absolute Gasteiger partial charge is 0.282 e. The fourth-order valence-electron chi connectivity index (χ4n) is 3.23. The molecule has 144 valence electrons. The lowest BCUT2D eigenvalue weighted by atomic mass is 10.0. The van der Waals surface area contributed by atoms with Crippen molar-refractivity contribution in [2.75, 3.05) is 10.2 Å². The molecule has 1 N–H and O–H groups in total. The zero-order valence-electron chi connectivity index (χ0n) is 15.4. The van der Waals surface area contributed by atoms with E-state index in [2.05, 4.69) is 5.32 Å². The van der Waals surface area contributed by atoms with E-state index in [4.69, 9.17) is 0 Å². The van der Waals surface area contributed by atoms with Crippen LogP contribution in [-0.2, 0) is 9.59 Å². The summed E-state index contributed by atoms with van der Waals surface area (Å²) in [4.78, 5) is 27.2. The maximum Gasteiger partial charge on any atom is 0.282 e. The molecule has 29 heavy (non-hydrogen) atoms. The number of aryl methyl sites for hydroxylation is 1. The summed E-state index contributed by atoms with van der Waals surface area (Å²) in [5.41, 5.74) is 1.80. The molecular weight excluding hydrogens is 374 g/mol. The van der Waals surface area contributed by atoms with Gasteiger partial charge in [-0.25, -0.2) is 13.7 Å². The first-order chi connectivity index (χ1) is 14.0. The predicted octanol–water partition coefficient (Wildman–Crippen LogP) is 4.67. The van der Waals surface area contributed by atoms with E-state index in [0.29, 0.717) is 11.3 Å². The van der Waals surface area contributed by atoms with Crippen molar-refractivity contribution in [2.45, 2.75) is 6.92 Å². The summed E-state index contributed by atoms with van der Waals surface area (Å²) in [5, 5.41) is 3.02. The molecule has 0 aromatic heterocycles. The summed E-state index contributed by atoms with van der Waals surface area (Å²) >= 11 is 0. The number of hydrogen-bond acceptors (Lipinski definition) is 3. The van der Waals surface area contributed by atoms with Gasteiger partial charge in [-0.1, -0.05) is 42.5 Å². The number of rotatable bonds is 4. The third-order valence-electron chi connectivity index (χ3n) is 4.71. The maximum absolute atomic E-state index is 14.4. The molecule has 0 saturated heterocycles. The van der Waals surface area contributed by atoms with Crippen molar-refractivity contribution in [1.29, 1.82) is 0 Å². The molecule has 0 bridgehead atoms. The highest BCUT2D eigenvalue weighted by Crippen LogP contribution is 2.35. The lowest BCUT2D eigenvalue weighted by Crippen LogP contribution is -2.33. The summed E-state index contributed by atoms with van der Waals surface area (Å²) in [6.45, 7) is 1.86. The Morgan fingerprint density at radius 2 is 1.45 bits per heavy atom. The third kappa shape index (κ3) is 3.29. The molecule has 4 rings (SSSR count). The number of nitrogens with one attached hydrogen (secondary N) is 1. The van der Waals surface area contributed by atoms with Crippen LogP contribution in [0.25, 0.3) is 5.57 Å². The number of carbonyl (C=O) groups excluding carboxylic acids is 2. The number of imide groups is 1. The van der Waals surface area contributed by atoms with Crippen LogP contribution < -0.4 is 10.2 Å². The molecule has 4 nitrogen and oxygen atoms in total. The van der Waals surface area contributed by atoms with Gasteiger partial charge < -0.3 is 5.32 Å². The van der Waals surface area contributed by atoms with Crippen LogP contribution in [-0.4, -0.2) is 11.8 Å². The van der Waals surface area contributed by atoms with Crippen molar-refractivity contribution in [2.24, 2.45) is 0 Å². The molecule has 0 spiro atoms. The molecule has 0 saturated carbocycles. The minimum absolute atomic E-state index is 0.0131. The Morgan fingerprint density at radius 3 is 2.14 bits per heavy atom. The van der Waals surface area contributed by atoms with Crippen molar-refractivity contribution in [3.05, 3.63) is 101 Å². The third-order valence-corrected chi connectivity index (χ3v) is 4.71. The second kappa shape index (κ2) is 7.31. The van der Waals surface area contributed by atoms with E-state index in [1.165, 1.54) is 42.5 Å². The van der Waals surface area contributed by atoms with Gasteiger partial charge in [-0.3, -0.25) is 9.59 Å². The Kier molecular flexibility index (Phi) is 4.68. The molecule has 3 aromatic rings. The molecule has 1 aliphatic heterocycles. The topological polar surface area (TPSA) is 49.4 Å². The largest absolute Gasteiger partial charge is 0.350 e. The van der Waals surface area contributed by atoms with Crippen LogP contribution in [0.5, 0.6) is 0 Å². The van der Waals surface area contributed by atoms with Gasteiger partial charge in [0.05, 0.1) is 11.3 Å². The van der Waals surface area contributed by atoms with Gasteiger partial charge in [0.15, 0.2) is 0 Å². The van der Waals surface area contributed by atoms with Gasteiger partial charge >= 0.3 is 0 Å². The van der Waals surface area contributed by atoms with Crippen LogP contribution in [0.4, 0.5) is 20.2 Å². The Morgan fingerprint density at radius 1 is 0.793 bits per heavy atom. The fourth-order valence-corrected chi connectivity index (χ4v) is 3.23. The molecule has 1 aliphatic rings. The monoisotopic (exact) mass is 390 g/mol. The van der Waals surface area contributed by atoms with Crippen LogP contribution in [0.2, 0.25) is 0 Å². The highest BCUT2D eigenvalue weighted by atomic mass is 19.1. The van der Waals surface area contributed by atoms with E-state index in [1.807, 2.05) is 19.1 Å². The van der Waals surface area contributed by atoms with E-state index >= 15 is 0 Å². The van der Waals surface area contributed by atoms with Gasteiger partial charge in [0, 0.05) is 5.69 Å². The van der Waals surface area contributed by atoms with E-state index in [9.17, 15) is 18.4 Å². The maximum atomic E-state index is 14.4. The van der Waals surface area contributed by atoms with E-state index < -0.39 is 23.4 Å². The zero-order valence-corrected chi connectivity index (χ0v) is 15.4. The second-order valence-corrected chi connectivity index (χ2v) is 6.59. The summed E-state index contributed by atoms with van der Waals surface area (Å²) in [7, 11) is 0. The highest BCUT2D eigenvalue weighted by molar-refractivity contribution is 6.46. The molecule has 0 radical (unpaired) electrons. The molecule has 1 heterocycles. The van der Waals surface area contributed by atoms with Crippen LogP contribution in [0.1, 0.15) is 11.1 Å². The summed E-state index contributed by atoms with van der Waals surface area (Å²) < 4.78 is 27.7. The molecule has 0 fully saturated rings. The van der Waals surface area contributed by atoms with Crippen LogP contribution in [0, 0.1) is 18.6 Å². The number of amides is 2. The Bertz CT molecular complexity index is 1150. The number of hydrogen-bond donors (Lipinski definition) is 1. The van der Waals surface area contributed by atoms with Crippen LogP contribution >= 0.6 is 0 Å². The summed E-state index contributed by atoms with van der Waals surface area (Å²) in [5.74, 6) is -2.51. The molecule has 6 heteroatoms. The molecular formula is C23H16F2N2O2. The van der Waals surface area contributed by atoms with E-state index in [1.54, 1.807) is 18.2 Å². The SMILES string of the molecule is Cc1ccccc1NC1=C(c2ccc(F)cc2)C(=O)N(c2ccccc2F)C1=O. The van der Waals surface area contributed by atoms with Crippen molar-refractivity contribution in [3.63, 3.8) is 0 Å². The average Bonchev–Trinajstić information content (AvgIpc) is 2.95. The Labute approximate surface area is 166 Å². The number of halogens is 2. The molecule has 3 aromatic carbocycles. The van der Waals surface area contributed by atoms with Crippen LogP contribution in [0.3, 0.4) is 0 Å². The number of benzene rings is 3. The summed E-state index contributed by atoms with van der Waals surface area (Å²) in [6.07, 6.45) is 0. The van der Waals surface area contributed by atoms with Gasteiger partial charge in [-0.05, 0) is 48.4 Å². The Balaban J connectivity index is 1.86. The first-order valence-electron chi connectivity index (χ1n) is 8.93. The van der Waals surface area contributed by atoms with Gasteiger partial charge in [-0.15, -0.1) is 0 Å². The molecule has 0 atom stereocenters. The lowest BCUT2D eigenvalue weighted by molar-refractivity contribution is -0.120. The van der Waals surface area contributed by atoms with Crippen molar-refractivity contribution < 1.29 is 18.4 Å². The summed E-state index contributed by atoms with van der Waals surface area (Å²) in [6, 6.07) is 18.1. The van der Waals surface area contributed by atoms with Gasteiger partial charge in [-0.2, -0.15) is 0 Å². The first-order valence-corrected chi connectivity index (χ1v) is 8.93. The minimum Gasteiger partial charge on any atom is -0.350 e. The second-order valence-electron chi connectivity index (χ2n) is 6.59. The van der Waals surface area contributed by atoms with Gasteiger partial charge in [0.1, 0.15) is 17.3 Å². The predicted molar refractivity (Wildman–Crippen MR) is 107 cm³/mol. The Hall–Kier alpha value is -3.80. The molecule has 2 amide bonds. The quantitative estimate of drug-likeness (QED) is 0.659. The number of carbonyl (C=O) groups is 2. The minimum atomic E-state index is -0.690. The average molecular weight is 390 g/mol. The zero-order chi connectivity index (χ0) is 20.5. The van der Waals surface area contributed by atoms with E-state index in [-0.39, 0.29) is 17.0 Å². The van der Waals surface area contributed by atoms with Gasteiger partial charge in [0.2, 0.25) is 0 Å². The fraction of sp³-hybridized carbons (Fsp3) is 0.0435. The van der Waals surface area contributed by atoms with Crippen molar-refractivity contribution >= 4 is 28.8 Å². The first kappa shape index (κ1) is 18.6.